The van der Waals surface area contributed by atoms with Crippen LogP contribution in [0.4, 0.5) is 5.69 Å². The molecular formula is C29H30N2OS. The molecule has 0 N–H and O–H groups in total. The number of fused-ring (bicyclic) bond motifs is 2. The Morgan fingerprint density at radius 3 is 2.52 bits per heavy atom. The maximum absolute atomic E-state index is 13.3. The molecule has 4 heteroatoms. The van der Waals surface area contributed by atoms with E-state index in [9.17, 15) is 4.79 Å². The minimum Gasteiger partial charge on any atom is -0.339 e. The van der Waals surface area contributed by atoms with Crippen LogP contribution in [0.3, 0.4) is 0 Å². The van der Waals surface area contributed by atoms with Crippen molar-refractivity contribution < 1.29 is 4.79 Å². The van der Waals surface area contributed by atoms with E-state index in [2.05, 4.69) is 68.4 Å². The number of piperidine rings is 1. The molecule has 0 atom stereocenters. The summed E-state index contributed by atoms with van der Waals surface area (Å²) in [6.45, 7) is 5.93. The van der Waals surface area contributed by atoms with Gasteiger partial charge in [0.05, 0.1) is 5.69 Å². The number of hydrogen-bond donors (Lipinski definition) is 0. The average molecular weight is 455 g/mol. The molecule has 2 aliphatic rings. The zero-order valence-corrected chi connectivity index (χ0v) is 20.2. The maximum Gasteiger partial charge on any atom is 0.253 e. The molecule has 0 radical (unpaired) electrons. The zero-order valence-electron chi connectivity index (χ0n) is 19.4. The highest BCUT2D eigenvalue weighted by Crippen LogP contribution is 2.41. The standard InChI is InChI=1S/C29H30N2OS/c1-3-25-24-17-20(2)9-11-27(24)33-28-12-10-23(19-26(28)30-25)29(32)31-15-13-22(14-16-31)18-21-7-5-4-6-8-21/h4-12,17,19,22H,3,13-16,18H2,1-2H3. The molecule has 1 saturated heterocycles. The zero-order chi connectivity index (χ0) is 22.8. The van der Waals surface area contributed by atoms with Crippen LogP contribution in [0.1, 0.15) is 53.2 Å². The molecule has 0 aromatic heterocycles. The van der Waals surface area contributed by atoms with Gasteiger partial charge < -0.3 is 4.90 Å². The summed E-state index contributed by atoms with van der Waals surface area (Å²) in [5.74, 6) is 0.783. The van der Waals surface area contributed by atoms with E-state index in [1.807, 2.05) is 17.0 Å². The van der Waals surface area contributed by atoms with Gasteiger partial charge in [-0.2, -0.15) is 0 Å². The monoisotopic (exact) mass is 454 g/mol. The Balaban J connectivity index is 1.32. The molecule has 2 heterocycles. The fraction of sp³-hybridized carbons (Fsp3) is 0.310. The van der Waals surface area contributed by atoms with Gasteiger partial charge in [0.2, 0.25) is 0 Å². The van der Waals surface area contributed by atoms with E-state index >= 15 is 0 Å². The van der Waals surface area contributed by atoms with Crippen LogP contribution in [-0.4, -0.2) is 29.6 Å². The lowest BCUT2D eigenvalue weighted by molar-refractivity contribution is 0.0690. The molecule has 0 spiro atoms. The van der Waals surface area contributed by atoms with E-state index in [1.54, 1.807) is 11.8 Å². The lowest BCUT2D eigenvalue weighted by atomic mass is 9.90. The smallest absolute Gasteiger partial charge is 0.253 e. The third-order valence-corrected chi connectivity index (χ3v) is 7.87. The number of rotatable bonds is 4. The van der Waals surface area contributed by atoms with Crippen molar-refractivity contribution in [3.63, 3.8) is 0 Å². The Hall–Kier alpha value is -2.85. The summed E-state index contributed by atoms with van der Waals surface area (Å²) in [5.41, 5.74) is 6.60. The van der Waals surface area contributed by atoms with Crippen molar-refractivity contribution in [1.29, 1.82) is 0 Å². The molecule has 1 fully saturated rings. The van der Waals surface area contributed by atoms with E-state index in [0.29, 0.717) is 5.92 Å². The third kappa shape index (κ3) is 4.77. The van der Waals surface area contributed by atoms with Gasteiger partial charge >= 0.3 is 0 Å². The van der Waals surface area contributed by atoms with Gasteiger partial charge in [0.25, 0.3) is 5.91 Å². The molecule has 0 bridgehead atoms. The van der Waals surface area contributed by atoms with Gasteiger partial charge in [-0.15, -0.1) is 0 Å². The molecule has 1 amide bonds. The number of amides is 1. The van der Waals surface area contributed by atoms with Crippen molar-refractivity contribution in [2.24, 2.45) is 10.9 Å². The van der Waals surface area contributed by atoms with Crippen LogP contribution in [-0.2, 0) is 6.42 Å². The molecule has 5 rings (SSSR count). The minimum absolute atomic E-state index is 0.131. The highest BCUT2D eigenvalue weighted by atomic mass is 32.2. The topological polar surface area (TPSA) is 32.7 Å². The molecule has 0 saturated carbocycles. The molecule has 33 heavy (non-hydrogen) atoms. The van der Waals surface area contributed by atoms with E-state index in [4.69, 9.17) is 4.99 Å². The second-order valence-electron chi connectivity index (χ2n) is 9.12. The van der Waals surface area contributed by atoms with Gasteiger partial charge in [0, 0.05) is 39.7 Å². The van der Waals surface area contributed by atoms with E-state index < -0.39 is 0 Å². The number of benzene rings is 3. The fourth-order valence-electron chi connectivity index (χ4n) is 4.85. The van der Waals surface area contributed by atoms with Crippen LogP contribution in [0.25, 0.3) is 0 Å². The Kier molecular flexibility index (Phi) is 6.37. The van der Waals surface area contributed by atoms with Crippen molar-refractivity contribution >= 4 is 29.1 Å². The Labute approximate surface area is 200 Å². The Morgan fingerprint density at radius 1 is 1.00 bits per heavy atom. The number of carbonyl (C=O) groups excluding carboxylic acids is 1. The first-order valence-electron chi connectivity index (χ1n) is 11.9. The number of hydrogen-bond acceptors (Lipinski definition) is 3. The molecule has 3 aromatic carbocycles. The van der Waals surface area contributed by atoms with Crippen LogP contribution < -0.4 is 0 Å². The summed E-state index contributed by atoms with van der Waals surface area (Å²) in [6.07, 6.45) is 4.10. The largest absolute Gasteiger partial charge is 0.339 e. The predicted molar refractivity (Wildman–Crippen MR) is 137 cm³/mol. The number of nitrogens with zero attached hydrogens (tertiary/aromatic N) is 2. The van der Waals surface area contributed by atoms with Crippen LogP contribution in [0.15, 0.2) is 81.5 Å². The summed E-state index contributed by atoms with van der Waals surface area (Å²) >= 11 is 1.75. The first-order chi connectivity index (χ1) is 16.1. The van der Waals surface area contributed by atoms with Crippen LogP contribution in [0.2, 0.25) is 0 Å². The summed E-state index contributed by atoms with van der Waals surface area (Å²) < 4.78 is 0. The SMILES string of the molecule is CCC1=Nc2cc(C(=O)N3CCC(Cc4ccccc4)CC3)ccc2Sc2ccc(C)cc21. The van der Waals surface area contributed by atoms with Gasteiger partial charge in [-0.1, -0.05) is 60.6 Å². The van der Waals surface area contributed by atoms with E-state index in [-0.39, 0.29) is 5.91 Å². The molecule has 0 aliphatic carbocycles. The lowest BCUT2D eigenvalue weighted by Crippen LogP contribution is -2.38. The normalized spacial score (nSPS) is 15.9. The molecule has 168 valence electrons. The fourth-order valence-corrected chi connectivity index (χ4v) is 5.85. The number of carbonyl (C=O) groups is 1. The quantitative estimate of drug-likeness (QED) is 0.422. The van der Waals surface area contributed by atoms with Gasteiger partial charge in [-0.05, 0) is 74.4 Å². The third-order valence-electron chi connectivity index (χ3n) is 6.73. The van der Waals surface area contributed by atoms with Crippen molar-refractivity contribution in [2.45, 2.75) is 49.3 Å². The Morgan fingerprint density at radius 2 is 1.76 bits per heavy atom. The maximum atomic E-state index is 13.3. The van der Waals surface area contributed by atoms with Crippen molar-refractivity contribution in [3.05, 3.63) is 89.0 Å². The van der Waals surface area contributed by atoms with E-state index in [0.717, 1.165) is 60.6 Å². The molecule has 0 unspecified atom stereocenters. The van der Waals surface area contributed by atoms with Crippen LogP contribution >= 0.6 is 11.8 Å². The molecule has 3 nitrogen and oxygen atoms in total. The summed E-state index contributed by atoms with van der Waals surface area (Å²) in [6, 6.07) is 23.3. The highest BCUT2D eigenvalue weighted by Gasteiger charge is 2.25. The van der Waals surface area contributed by atoms with Crippen molar-refractivity contribution in [2.75, 3.05) is 13.1 Å². The van der Waals surface area contributed by atoms with Gasteiger partial charge in [-0.25, -0.2) is 0 Å². The van der Waals surface area contributed by atoms with Crippen molar-refractivity contribution in [1.82, 2.24) is 4.90 Å². The number of aryl methyl sites for hydroxylation is 1. The van der Waals surface area contributed by atoms with Crippen LogP contribution in [0, 0.1) is 12.8 Å². The van der Waals surface area contributed by atoms with Crippen molar-refractivity contribution in [3.8, 4) is 0 Å². The van der Waals surface area contributed by atoms with Gasteiger partial charge in [0.1, 0.15) is 0 Å². The minimum atomic E-state index is 0.131. The average Bonchev–Trinajstić information content (AvgIpc) is 3.00. The number of aliphatic imine (C=N–C) groups is 1. The van der Waals surface area contributed by atoms with Gasteiger partial charge in [0.15, 0.2) is 0 Å². The lowest BCUT2D eigenvalue weighted by Gasteiger charge is -2.32. The first-order valence-corrected chi connectivity index (χ1v) is 12.8. The molecular weight excluding hydrogens is 424 g/mol. The van der Waals surface area contributed by atoms with Crippen LogP contribution in [0.5, 0.6) is 0 Å². The highest BCUT2D eigenvalue weighted by molar-refractivity contribution is 7.99. The second-order valence-corrected chi connectivity index (χ2v) is 10.2. The predicted octanol–water partition coefficient (Wildman–Crippen LogP) is 7.09. The molecule has 2 aliphatic heterocycles. The summed E-state index contributed by atoms with van der Waals surface area (Å²) in [5, 5.41) is 0. The summed E-state index contributed by atoms with van der Waals surface area (Å²) in [4.78, 5) is 22.7. The second kappa shape index (κ2) is 9.56. The van der Waals surface area contributed by atoms with Gasteiger partial charge in [-0.3, -0.25) is 9.79 Å². The van der Waals surface area contributed by atoms with E-state index in [1.165, 1.54) is 21.6 Å². The summed E-state index contributed by atoms with van der Waals surface area (Å²) in [7, 11) is 0. The first kappa shape index (κ1) is 22.0. The number of likely N-dealkylation sites (tertiary alicyclic amines) is 1. The Bertz CT molecular complexity index is 1190. The molecule has 3 aromatic rings.